The van der Waals surface area contributed by atoms with Crippen molar-refractivity contribution in [2.75, 3.05) is 0 Å². The van der Waals surface area contributed by atoms with E-state index in [-0.39, 0.29) is 0 Å². The van der Waals surface area contributed by atoms with E-state index in [1.54, 1.807) is 52.0 Å². The molecule has 0 radical (unpaired) electrons. The molecular weight excluding hydrogens is 228 g/mol. The standard InChI is InChI=1S/C15H26O3/c1-6-14(4,17)10-8-12-15(5,18)11-7-9-13(2,3)16/h6-9,12,16-18H,1,10-11H2,2-5H3/b9-7+,12-8+. The Bertz CT molecular complexity index is 317. The fourth-order valence-electron chi connectivity index (χ4n) is 1.29. The van der Waals surface area contributed by atoms with Crippen molar-refractivity contribution >= 4 is 0 Å². The highest BCUT2D eigenvalue weighted by Crippen LogP contribution is 2.17. The molecule has 0 aliphatic rings. The molecule has 0 fully saturated rings. The lowest BCUT2D eigenvalue weighted by Crippen LogP contribution is -2.22. The zero-order valence-electron chi connectivity index (χ0n) is 11.8. The molecule has 0 spiro atoms. The predicted molar refractivity (Wildman–Crippen MR) is 75.3 cm³/mol. The third-order valence-electron chi connectivity index (χ3n) is 2.50. The van der Waals surface area contributed by atoms with Gasteiger partial charge in [-0.3, -0.25) is 0 Å². The van der Waals surface area contributed by atoms with Crippen molar-refractivity contribution in [3.63, 3.8) is 0 Å². The molecule has 3 nitrogen and oxygen atoms in total. The third kappa shape index (κ3) is 9.16. The van der Waals surface area contributed by atoms with Crippen LogP contribution in [0.2, 0.25) is 0 Å². The largest absolute Gasteiger partial charge is 0.386 e. The second-order valence-corrected chi connectivity index (χ2v) is 5.79. The summed E-state index contributed by atoms with van der Waals surface area (Å²) in [6.07, 6.45) is 9.07. The van der Waals surface area contributed by atoms with Crippen LogP contribution < -0.4 is 0 Å². The lowest BCUT2D eigenvalue weighted by Gasteiger charge is -2.20. The Morgan fingerprint density at radius 3 is 1.72 bits per heavy atom. The van der Waals surface area contributed by atoms with E-state index < -0.39 is 16.8 Å². The fourth-order valence-corrected chi connectivity index (χ4v) is 1.29. The molecule has 2 unspecified atom stereocenters. The molecule has 0 aliphatic carbocycles. The van der Waals surface area contributed by atoms with Crippen LogP contribution in [0.4, 0.5) is 0 Å². The molecule has 0 heterocycles. The van der Waals surface area contributed by atoms with Gasteiger partial charge in [0.05, 0.1) is 16.8 Å². The second-order valence-electron chi connectivity index (χ2n) is 5.79. The van der Waals surface area contributed by atoms with E-state index >= 15 is 0 Å². The Balaban J connectivity index is 4.35. The number of hydrogen-bond acceptors (Lipinski definition) is 3. The SMILES string of the molecule is C=CC(C)(O)C/C=C/C(C)(O)C/C=C/C(C)(C)O. The minimum atomic E-state index is -0.987. The molecule has 0 aromatic carbocycles. The molecule has 2 atom stereocenters. The van der Waals surface area contributed by atoms with E-state index in [1.165, 1.54) is 6.08 Å². The Hall–Kier alpha value is -0.900. The molecular formula is C15H26O3. The van der Waals surface area contributed by atoms with E-state index in [0.717, 1.165) is 0 Å². The van der Waals surface area contributed by atoms with Crippen LogP contribution in [-0.2, 0) is 0 Å². The summed E-state index contributed by atoms with van der Waals surface area (Å²) in [5.41, 5.74) is -2.80. The van der Waals surface area contributed by atoms with Crippen molar-refractivity contribution < 1.29 is 15.3 Å². The van der Waals surface area contributed by atoms with Gasteiger partial charge in [-0.2, -0.15) is 0 Å². The summed E-state index contributed by atoms with van der Waals surface area (Å²) >= 11 is 0. The fraction of sp³-hybridized carbons (Fsp3) is 0.600. The zero-order chi connectivity index (χ0) is 14.4. The van der Waals surface area contributed by atoms with Crippen LogP contribution in [0.1, 0.15) is 40.5 Å². The highest BCUT2D eigenvalue weighted by atomic mass is 16.3. The first-order valence-electron chi connectivity index (χ1n) is 6.14. The minimum absolute atomic E-state index is 0.405. The summed E-state index contributed by atoms with van der Waals surface area (Å²) in [6.45, 7) is 10.2. The van der Waals surface area contributed by atoms with Gasteiger partial charge < -0.3 is 15.3 Å². The Morgan fingerprint density at radius 1 is 0.833 bits per heavy atom. The van der Waals surface area contributed by atoms with Crippen molar-refractivity contribution in [1.82, 2.24) is 0 Å². The summed E-state index contributed by atoms with van der Waals surface area (Å²) in [4.78, 5) is 0. The zero-order valence-corrected chi connectivity index (χ0v) is 11.8. The molecule has 0 aromatic heterocycles. The molecule has 0 saturated heterocycles. The first-order valence-corrected chi connectivity index (χ1v) is 6.14. The second kappa shape index (κ2) is 6.32. The summed E-state index contributed by atoms with van der Waals surface area (Å²) in [7, 11) is 0. The van der Waals surface area contributed by atoms with Gasteiger partial charge in [0, 0.05) is 0 Å². The smallest absolute Gasteiger partial charge is 0.0833 e. The van der Waals surface area contributed by atoms with Crippen molar-refractivity contribution in [2.45, 2.75) is 57.3 Å². The van der Waals surface area contributed by atoms with Crippen molar-refractivity contribution in [2.24, 2.45) is 0 Å². The summed E-state index contributed by atoms with van der Waals surface area (Å²) in [5, 5.41) is 29.3. The molecule has 18 heavy (non-hydrogen) atoms. The molecule has 0 amide bonds. The summed E-state index contributed by atoms with van der Waals surface area (Å²) in [5.74, 6) is 0. The van der Waals surface area contributed by atoms with Gasteiger partial charge in [0.1, 0.15) is 0 Å². The van der Waals surface area contributed by atoms with Crippen molar-refractivity contribution in [1.29, 1.82) is 0 Å². The van der Waals surface area contributed by atoms with Crippen LogP contribution in [0.15, 0.2) is 37.0 Å². The maximum atomic E-state index is 10.1. The molecule has 0 saturated carbocycles. The molecule has 3 N–H and O–H groups in total. The Labute approximate surface area is 110 Å². The number of aliphatic hydroxyl groups is 3. The quantitative estimate of drug-likeness (QED) is 0.611. The Kier molecular flexibility index (Phi) is 6.00. The van der Waals surface area contributed by atoms with Crippen LogP contribution >= 0.6 is 0 Å². The van der Waals surface area contributed by atoms with E-state index in [0.29, 0.717) is 12.8 Å². The first kappa shape index (κ1) is 17.1. The predicted octanol–water partition coefficient (Wildman–Crippen LogP) is 2.34. The topological polar surface area (TPSA) is 60.7 Å². The van der Waals surface area contributed by atoms with E-state index in [2.05, 4.69) is 6.58 Å². The van der Waals surface area contributed by atoms with Crippen LogP contribution in [0.3, 0.4) is 0 Å². The van der Waals surface area contributed by atoms with Gasteiger partial charge in [-0.1, -0.05) is 30.4 Å². The van der Waals surface area contributed by atoms with Crippen LogP contribution in [0.25, 0.3) is 0 Å². The van der Waals surface area contributed by atoms with Crippen LogP contribution in [0.5, 0.6) is 0 Å². The number of rotatable bonds is 7. The molecule has 0 bridgehead atoms. The highest BCUT2D eigenvalue weighted by molar-refractivity contribution is 5.08. The maximum absolute atomic E-state index is 10.1. The normalized spacial score (nSPS) is 19.9. The van der Waals surface area contributed by atoms with Gasteiger partial charge in [0.15, 0.2) is 0 Å². The van der Waals surface area contributed by atoms with Gasteiger partial charge in [0.25, 0.3) is 0 Å². The van der Waals surface area contributed by atoms with E-state index in [9.17, 15) is 15.3 Å². The molecule has 3 heteroatoms. The van der Waals surface area contributed by atoms with Crippen molar-refractivity contribution in [3.05, 3.63) is 37.0 Å². The lowest BCUT2D eigenvalue weighted by atomic mass is 9.96. The van der Waals surface area contributed by atoms with Gasteiger partial charge in [-0.05, 0) is 40.5 Å². The maximum Gasteiger partial charge on any atom is 0.0833 e. The average Bonchev–Trinajstić information content (AvgIpc) is 2.14. The summed E-state index contributed by atoms with van der Waals surface area (Å²) in [6, 6.07) is 0. The number of hydrogen-bond donors (Lipinski definition) is 3. The van der Waals surface area contributed by atoms with Crippen LogP contribution in [0, 0.1) is 0 Å². The van der Waals surface area contributed by atoms with E-state index in [1.807, 2.05) is 0 Å². The third-order valence-corrected chi connectivity index (χ3v) is 2.50. The summed E-state index contributed by atoms with van der Waals surface area (Å²) < 4.78 is 0. The lowest BCUT2D eigenvalue weighted by molar-refractivity contribution is 0.106. The van der Waals surface area contributed by atoms with Gasteiger partial charge in [-0.15, -0.1) is 6.58 Å². The highest BCUT2D eigenvalue weighted by Gasteiger charge is 2.17. The Morgan fingerprint density at radius 2 is 1.28 bits per heavy atom. The molecule has 0 aromatic rings. The monoisotopic (exact) mass is 254 g/mol. The van der Waals surface area contributed by atoms with Gasteiger partial charge in [0.2, 0.25) is 0 Å². The molecule has 0 aliphatic heterocycles. The van der Waals surface area contributed by atoms with Crippen LogP contribution in [-0.4, -0.2) is 32.1 Å². The molecule has 104 valence electrons. The molecule has 0 rings (SSSR count). The van der Waals surface area contributed by atoms with E-state index in [4.69, 9.17) is 0 Å². The van der Waals surface area contributed by atoms with Crippen molar-refractivity contribution in [3.8, 4) is 0 Å². The van der Waals surface area contributed by atoms with Gasteiger partial charge >= 0.3 is 0 Å². The minimum Gasteiger partial charge on any atom is -0.386 e. The first-order chi connectivity index (χ1) is 7.97. The average molecular weight is 254 g/mol. The van der Waals surface area contributed by atoms with Gasteiger partial charge in [-0.25, -0.2) is 0 Å².